The van der Waals surface area contributed by atoms with Gasteiger partial charge in [-0.25, -0.2) is 0 Å². The van der Waals surface area contributed by atoms with Crippen LogP contribution in [0.5, 0.6) is 0 Å². The molecule has 0 fully saturated rings. The van der Waals surface area contributed by atoms with Gasteiger partial charge in [0.1, 0.15) is 5.76 Å². The van der Waals surface area contributed by atoms with E-state index in [0.29, 0.717) is 5.76 Å². The number of carbonyl (C=O) groups excluding carboxylic acids is 1. The van der Waals surface area contributed by atoms with Crippen LogP contribution in [0.1, 0.15) is 54.3 Å². The van der Waals surface area contributed by atoms with Gasteiger partial charge in [-0.15, -0.1) is 0 Å². The topological polar surface area (TPSA) is 92.4 Å². The van der Waals surface area contributed by atoms with Crippen molar-refractivity contribution in [3.05, 3.63) is 65.0 Å². The fourth-order valence-corrected chi connectivity index (χ4v) is 3.79. The van der Waals surface area contributed by atoms with Crippen molar-refractivity contribution in [1.29, 1.82) is 0 Å². The number of aromatic nitrogens is 1. The second-order valence-corrected chi connectivity index (χ2v) is 7.13. The molecule has 6 heteroatoms. The molecule has 0 aliphatic heterocycles. The Bertz CT molecular complexity index is 984. The second kappa shape index (κ2) is 8.25. The minimum absolute atomic E-state index is 0.0794. The highest BCUT2D eigenvalue weighted by atomic mass is 16.5. The maximum absolute atomic E-state index is 12.7. The van der Waals surface area contributed by atoms with E-state index in [0.717, 1.165) is 27.6 Å². The van der Waals surface area contributed by atoms with E-state index in [9.17, 15) is 14.7 Å². The Balaban J connectivity index is 1.83. The van der Waals surface area contributed by atoms with E-state index in [2.05, 4.69) is 10.5 Å². The SMILES string of the molecule is Cc1noc(C)c1C(C)CC(=O)N[C@H](CC(=O)O)c1cccc2ccccc12. The predicted molar refractivity (Wildman–Crippen MR) is 106 cm³/mol. The summed E-state index contributed by atoms with van der Waals surface area (Å²) >= 11 is 0. The molecule has 0 spiro atoms. The first-order valence-electron chi connectivity index (χ1n) is 9.28. The molecule has 3 rings (SSSR count). The third-order valence-electron chi connectivity index (χ3n) is 4.99. The van der Waals surface area contributed by atoms with E-state index in [1.54, 1.807) is 0 Å². The zero-order chi connectivity index (χ0) is 20.3. The number of carboxylic acid groups (broad SMARTS) is 1. The third-order valence-corrected chi connectivity index (χ3v) is 4.99. The molecule has 1 unspecified atom stereocenters. The molecule has 3 aromatic rings. The van der Waals surface area contributed by atoms with E-state index in [4.69, 9.17) is 4.52 Å². The summed E-state index contributed by atoms with van der Waals surface area (Å²) in [5, 5.41) is 18.2. The number of aliphatic carboxylic acids is 1. The second-order valence-electron chi connectivity index (χ2n) is 7.13. The number of nitrogens with zero attached hydrogens (tertiary/aromatic N) is 1. The van der Waals surface area contributed by atoms with Gasteiger partial charge in [0.15, 0.2) is 0 Å². The quantitative estimate of drug-likeness (QED) is 0.638. The summed E-state index contributed by atoms with van der Waals surface area (Å²) in [5.41, 5.74) is 2.50. The highest BCUT2D eigenvalue weighted by Crippen LogP contribution is 2.29. The number of amides is 1. The summed E-state index contributed by atoms with van der Waals surface area (Å²) in [4.78, 5) is 24.1. The van der Waals surface area contributed by atoms with Crippen LogP contribution >= 0.6 is 0 Å². The highest BCUT2D eigenvalue weighted by Gasteiger charge is 2.23. The molecule has 1 aromatic heterocycles. The number of aryl methyl sites for hydroxylation is 2. The summed E-state index contributed by atoms with van der Waals surface area (Å²) in [6, 6.07) is 12.9. The Morgan fingerprint density at radius 2 is 1.82 bits per heavy atom. The van der Waals surface area contributed by atoms with Crippen molar-refractivity contribution in [1.82, 2.24) is 10.5 Å². The molecule has 2 aromatic carbocycles. The number of benzene rings is 2. The third kappa shape index (κ3) is 4.22. The van der Waals surface area contributed by atoms with Gasteiger partial charge in [0, 0.05) is 12.0 Å². The normalized spacial score (nSPS) is 13.2. The molecule has 0 aliphatic carbocycles. The van der Waals surface area contributed by atoms with Gasteiger partial charge in [-0.05, 0) is 36.1 Å². The van der Waals surface area contributed by atoms with Crippen LogP contribution in [0.3, 0.4) is 0 Å². The molecule has 2 atom stereocenters. The fraction of sp³-hybridized carbons (Fsp3) is 0.318. The standard InChI is InChI=1S/C22H24N2O4/c1-13(22-14(2)24-28-15(22)3)11-20(25)23-19(12-21(26)27)18-10-6-8-16-7-4-5-9-17(16)18/h4-10,13,19H,11-12H2,1-3H3,(H,23,25)(H,26,27)/t13?,19-/m1/s1. The Hall–Kier alpha value is -3.15. The summed E-state index contributed by atoms with van der Waals surface area (Å²) in [7, 11) is 0. The van der Waals surface area contributed by atoms with Gasteiger partial charge in [0.25, 0.3) is 0 Å². The Morgan fingerprint density at radius 3 is 2.50 bits per heavy atom. The average molecular weight is 380 g/mol. The summed E-state index contributed by atoms with van der Waals surface area (Å²) < 4.78 is 5.19. The lowest BCUT2D eigenvalue weighted by Gasteiger charge is -2.20. The van der Waals surface area contributed by atoms with Crippen molar-refractivity contribution >= 4 is 22.6 Å². The Labute approximate surface area is 163 Å². The molecular formula is C22H24N2O4. The molecule has 1 heterocycles. The fourth-order valence-electron chi connectivity index (χ4n) is 3.79. The van der Waals surface area contributed by atoms with Crippen LogP contribution in [0.15, 0.2) is 47.0 Å². The van der Waals surface area contributed by atoms with Crippen LogP contribution in [0.2, 0.25) is 0 Å². The number of carbonyl (C=O) groups is 2. The van der Waals surface area contributed by atoms with Crippen molar-refractivity contribution in [2.45, 2.75) is 45.6 Å². The molecular weight excluding hydrogens is 356 g/mol. The van der Waals surface area contributed by atoms with Crippen LogP contribution in [0.25, 0.3) is 10.8 Å². The van der Waals surface area contributed by atoms with Gasteiger partial charge in [0.2, 0.25) is 5.91 Å². The van der Waals surface area contributed by atoms with Crippen LogP contribution in [-0.4, -0.2) is 22.1 Å². The van der Waals surface area contributed by atoms with Gasteiger partial charge in [0.05, 0.1) is 18.2 Å². The first-order valence-corrected chi connectivity index (χ1v) is 9.28. The lowest BCUT2D eigenvalue weighted by Crippen LogP contribution is -2.31. The predicted octanol–water partition coefficient (Wildman–Crippen LogP) is 4.27. The molecule has 2 N–H and O–H groups in total. The van der Waals surface area contributed by atoms with Crippen LogP contribution < -0.4 is 5.32 Å². The molecule has 0 bridgehead atoms. The molecule has 6 nitrogen and oxygen atoms in total. The first kappa shape index (κ1) is 19.6. The lowest BCUT2D eigenvalue weighted by atomic mass is 9.94. The zero-order valence-electron chi connectivity index (χ0n) is 16.2. The number of rotatable bonds is 7. The van der Waals surface area contributed by atoms with Crippen molar-refractivity contribution in [3.63, 3.8) is 0 Å². The number of nitrogens with one attached hydrogen (secondary N) is 1. The van der Waals surface area contributed by atoms with Crippen molar-refractivity contribution in [3.8, 4) is 0 Å². The summed E-state index contributed by atoms with van der Waals surface area (Å²) in [5.74, 6) is -0.540. The first-order chi connectivity index (χ1) is 13.4. The maximum atomic E-state index is 12.7. The highest BCUT2D eigenvalue weighted by molar-refractivity contribution is 5.87. The molecule has 146 valence electrons. The van der Waals surface area contributed by atoms with Crippen molar-refractivity contribution in [2.24, 2.45) is 0 Å². The van der Waals surface area contributed by atoms with E-state index in [1.807, 2.05) is 63.2 Å². The van der Waals surface area contributed by atoms with Gasteiger partial charge in [-0.3, -0.25) is 9.59 Å². The van der Waals surface area contributed by atoms with E-state index < -0.39 is 12.0 Å². The monoisotopic (exact) mass is 380 g/mol. The maximum Gasteiger partial charge on any atom is 0.305 e. The zero-order valence-corrected chi connectivity index (χ0v) is 16.2. The molecule has 0 radical (unpaired) electrons. The number of hydrogen-bond donors (Lipinski definition) is 2. The van der Waals surface area contributed by atoms with Crippen LogP contribution in [-0.2, 0) is 9.59 Å². The molecule has 0 saturated heterocycles. The summed E-state index contributed by atoms with van der Waals surface area (Å²) in [6.07, 6.45) is 0.0449. The largest absolute Gasteiger partial charge is 0.481 e. The molecule has 28 heavy (non-hydrogen) atoms. The number of carboxylic acids is 1. The molecule has 0 aliphatic rings. The number of fused-ring (bicyclic) bond motifs is 1. The molecule has 0 saturated carbocycles. The van der Waals surface area contributed by atoms with Gasteiger partial charge in [-0.1, -0.05) is 54.5 Å². The summed E-state index contributed by atoms with van der Waals surface area (Å²) in [6.45, 7) is 5.62. The minimum Gasteiger partial charge on any atom is -0.481 e. The van der Waals surface area contributed by atoms with Crippen molar-refractivity contribution in [2.75, 3.05) is 0 Å². The Kier molecular flexibility index (Phi) is 5.78. The average Bonchev–Trinajstić information content (AvgIpc) is 2.98. The van der Waals surface area contributed by atoms with E-state index in [1.165, 1.54) is 0 Å². The van der Waals surface area contributed by atoms with Gasteiger partial charge in [-0.2, -0.15) is 0 Å². The Morgan fingerprint density at radius 1 is 1.11 bits per heavy atom. The minimum atomic E-state index is -0.961. The van der Waals surface area contributed by atoms with Crippen LogP contribution in [0, 0.1) is 13.8 Å². The van der Waals surface area contributed by atoms with E-state index >= 15 is 0 Å². The lowest BCUT2D eigenvalue weighted by molar-refractivity contribution is -0.137. The number of hydrogen-bond acceptors (Lipinski definition) is 4. The smallest absolute Gasteiger partial charge is 0.305 e. The van der Waals surface area contributed by atoms with Gasteiger partial charge < -0.3 is 14.9 Å². The van der Waals surface area contributed by atoms with Crippen LogP contribution in [0.4, 0.5) is 0 Å². The molecule has 1 amide bonds. The van der Waals surface area contributed by atoms with E-state index in [-0.39, 0.29) is 24.7 Å². The van der Waals surface area contributed by atoms with Gasteiger partial charge >= 0.3 is 5.97 Å². The van der Waals surface area contributed by atoms with Crippen molar-refractivity contribution < 1.29 is 19.2 Å².